The van der Waals surface area contributed by atoms with Gasteiger partial charge in [-0.25, -0.2) is 9.37 Å². The summed E-state index contributed by atoms with van der Waals surface area (Å²) in [5.74, 6) is -1.34. The lowest BCUT2D eigenvalue weighted by atomic mass is 9.87. The third-order valence-corrected chi connectivity index (χ3v) is 8.74. The number of carboxylic acids is 1. The van der Waals surface area contributed by atoms with E-state index >= 15 is 4.39 Å². The van der Waals surface area contributed by atoms with E-state index in [4.69, 9.17) is 9.72 Å². The molecule has 0 unspecified atom stereocenters. The number of halogens is 1. The van der Waals surface area contributed by atoms with Crippen molar-refractivity contribution in [1.29, 1.82) is 0 Å². The van der Waals surface area contributed by atoms with E-state index < -0.39 is 11.8 Å². The molecule has 218 valence electrons. The number of benzene rings is 1. The van der Waals surface area contributed by atoms with Crippen LogP contribution in [0.1, 0.15) is 71.4 Å². The average Bonchev–Trinajstić information content (AvgIpc) is 3.31. The molecule has 0 radical (unpaired) electrons. The van der Waals surface area contributed by atoms with Gasteiger partial charge in [-0.2, -0.15) is 0 Å². The molecular weight excluding hydrogens is 535 g/mol. The number of carbonyl (C=O) groups is 2. The maximum absolute atomic E-state index is 15.4. The molecule has 1 aliphatic carbocycles. The van der Waals surface area contributed by atoms with Crippen LogP contribution in [0.15, 0.2) is 30.5 Å². The number of nitrogens with zero attached hydrogens (tertiary/aromatic N) is 3. The number of hydrogen-bond acceptors (Lipinski definition) is 5. The number of amides is 1. The van der Waals surface area contributed by atoms with E-state index in [0.29, 0.717) is 46.8 Å². The molecule has 2 aliphatic rings. The van der Waals surface area contributed by atoms with E-state index in [0.717, 1.165) is 59.9 Å². The zero-order valence-electron chi connectivity index (χ0n) is 24.2. The number of aliphatic carboxylic acids is 1. The Bertz CT molecular complexity index is 1720. The number of rotatable bonds is 6. The monoisotopic (exact) mass is 570 g/mol. The van der Waals surface area contributed by atoms with Gasteiger partial charge in [0.05, 0.1) is 18.7 Å². The number of aromatic nitrogens is 3. The average molecular weight is 571 g/mol. The Kier molecular flexibility index (Phi) is 7.43. The number of nitrogens with one attached hydrogen (secondary N) is 1. The van der Waals surface area contributed by atoms with Gasteiger partial charge < -0.3 is 19.7 Å². The number of hydrogen-bond donors (Lipinski definition) is 2. The van der Waals surface area contributed by atoms with E-state index in [1.54, 1.807) is 19.2 Å². The molecular formula is C33H35FN4O4. The van der Waals surface area contributed by atoms with Gasteiger partial charge in [-0.05, 0) is 86.1 Å². The second-order valence-electron chi connectivity index (χ2n) is 11.5. The highest BCUT2D eigenvalue weighted by Gasteiger charge is 2.27. The van der Waals surface area contributed by atoms with E-state index in [1.807, 2.05) is 30.7 Å². The molecule has 0 saturated heterocycles. The van der Waals surface area contributed by atoms with Crippen LogP contribution in [-0.4, -0.2) is 44.2 Å². The molecule has 9 heteroatoms. The predicted molar refractivity (Wildman–Crippen MR) is 158 cm³/mol. The lowest BCUT2D eigenvalue weighted by molar-refractivity contribution is -0.136. The summed E-state index contributed by atoms with van der Waals surface area (Å²) in [6, 6.07) is 7.21. The maximum atomic E-state index is 15.4. The van der Waals surface area contributed by atoms with E-state index in [9.17, 15) is 14.7 Å². The molecule has 0 atom stereocenters. The van der Waals surface area contributed by atoms with Crippen molar-refractivity contribution in [2.24, 2.45) is 7.05 Å². The van der Waals surface area contributed by atoms with Gasteiger partial charge in [0.25, 0.3) is 5.91 Å². The van der Waals surface area contributed by atoms with Crippen molar-refractivity contribution >= 4 is 22.9 Å². The first kappa shape index (κ1) is 27.9. The highest BCUT2D eigenvalue weighted by atomic mass is 19.1. The fraction of sp³-hybridized carbons (Fsp3) is 0.394. The largest absolute Gasteiger partial charge is 0.490 e. The van der Waals surface area contributed by atoms with Gasteiger partial charge in [-0.3, -0.25) is 14.6 Å². The molecule has 1 aromatic carbocycles. The van der Waals surface area contributed by atoms with Gasteiger partial charge in [0, 0.05) is 41.5 Å². The Morgan fingerprint density at radius 3 is 2.69 bits per heavy atom. The van der Waals surface area contributed by atoms with E-state index in [1.165, 1.54) is 12.5 Å². The van der Waals surface area contributed by atoms with Crippen molar-refractivity contribution in [1.82, 2.24) is 19.9 Å². The Hall–Kier alpha value is -4.27. The molecule has 3 aromatic heterocycles. The zero-order valence-corrected chi connectivity index (χ0v) is 24.2. The van der Waals surface area contributed by atoms with Crippen molar-refractivity contribution in [3.05, 3.63) is 64.4 Å². The SMILES string of the molecule is Cc1nc2c(cc(-c3ccnc(C(=O)NC4CCCCC4)c3)n2C)c(-c2cc(F)c3c(c2C)CCCO3)c1CC(=O)O. The number of carbonyl (C=O) groups excluding carboxylic acids is 1. The number of pyridine rings is 2. The van der Waals surface area contributed by atoms with Gasteiger partial charge in [-0.1, -0.05) is 19.3 Å². The number of aryl methyl sites for hydroxylation is 2. The summed E-state index contributed by atoms with van der Waals surface area (Å²) in [6.07, 6.45) is 8.27. The molecule has 6 rings (SSSR count). The van der Waals surface area contributed by atoms with Gasteiger partial charge >= 0.3 is 5.97 Å². The van der Waals surface area contributed by atoms with Gasteiger partial charge in [0.15, 0.2) is 11.6 Å². The summed E-state index contributed by atoms with van der Waals surface area (Å²) in [5.41, 5.74) is 6.68. The Labute approximate surface area is 243 Å². The molecule has 0 spiro atoms. The van der Waals surface area contributed by atoms with Crippen LogP contribution >= 0.6 is 0 Å². The number of carboxylic acid groups (broad SMARTS) is 1. The minimum Gasteiger partial charge on any atom is -0.490 e. The van der Waals surface area contributed by atoms with Crippen LogP contribution in [0.4, 0.5) is 4.39 Å². The molecule has 1 aliphatic heterocycles. The molecule has 2 N–H and O–H groups in total. The molecule has 4 heterocycles. The van der Waals surface area contributed by atoms with Crippen LogP contribution in [0.3, 0.4) is 0 Å². The second-order valence-corrected chi connectivity index (χ2v) is 11.5. The van der Waals surface area contributed by atoms with Crippen LogP contribution in [-0.2, 0) is 24.7 Å². The molecule has 4 aromatic rings. The summed E-state index contributed by atoms with van der Waals surface area (Å²) < 4.78 is 23.0. The van der Waals surface area contributed by atoms with Crippen LogP contribution in [0.5, 0.6) is 5.75 Å². The Morgan fingerprint density at radius 2 is 1.93 bits per heavy atom. The molecule has 1 amide bonds. The molecule has 8 nitrogen and oxygen atoms in total. The van der Waals surface area contributed by atoms with Crippen molar-refractivity contribution in [3.63, 3.8) is 0 Å². The highest BCUT2D eigenvalue weighted by Crippen LogP contribution is 2.43. The van der Waals surface area contributed by atoms with Crippen molar-refractivity contribution < 1.29 is 23.8 Å². The summed E-state index contributed by atoms with van der Waals surface area (Å²) in [7, 11) is 1.89. The lowest BCUT2D eigenvalue weighted by Gasteiger charge is -2.23. The Morgan fingerprint density at radius 1 is 1.14 bits per heavy atom. The van der Waals surface area contributed by atoms with Crippen molar-refractivity contribution in [2.75, 3.05) is 6.61 Å². The quantitative estimate of drug-likeness (QED) is 0.291. The fourth-order valence-electron chi connectivity index (χ4n) is 6.57. The highest BCUT2D eigenvalue weighted by molar-refractivity contribution is 6.01. The van der Waals surface area contributed by atoms with Crippen LogP contribution in [0.25, 0.3) is 33.4 Å². The van der Waals surface area contributed by atoms with Crippen LogP contribution in [0.2, 0.25) is 0 Å². The number of fused-ring (bicyclic) bond motifs is 2. The third-order valence-electron chi connectivity index (χ3n) is 8.74. The number of ether oxygens (including phenoxy) is 1. The zero-order chi connectivity index (χ0) is 29.5. The van der Waals surface area contributed by atoms with Crippen molar-refractivity contribution in [3.8, 4) is 28.1 Å². The lowest BCUT2D eigenvalue weighted by Crippen LogP contribution is -2.36. The first-order valence-electron chi connectivity index (χ1n) is 14.7. The third kappa shape index (κ3) is 5.01. The van der Waals surface area contributed by atoms with Gasteiger partial charge in [0.1, 0.15) is 11.3 Å². The smallest absolute Gasteiger partial charge is 0.307 e. The first-order valence-corrected chi connectivity index (χ1v) is 14.7. The molecule has 42 heavy (non-hydrogen) atoms. The standard InChI is InChI=1S/C33H35FN4O4/c1-18-22-10-7-13-42-31(22)26(34)15-23(18)30-24(17-29(39)40)19(2)36-32-25(30)16-28(38(32)3)20-11-12-35-27(14-20)33(41)37-21-8-5-4-6-9-21/h11-12,14-16,21H,4-10,13,17H2,1-3H3,(H,37,41)(H,39,40). The molecule has 1 saturated carbocycles. The molecule has 1 fully saturated rings. The fourth-order valence-corrected chi connectivity index (χ4v) is 6.57. The summed E-state index contributed by atoms with van der Waals surface area (Å²) >= 11 is 0. The normalized spacial score (nSPS) is 15.3. The predicted octanol–water partition coefficient (Wildman–Crippen LogP) is 6.07. The first-order chi connectivity index (χ1) is 20.2. The summed E-state index contributed by atoms with van der Waals surface area (Å²) in [6.45, 7) is 4.21. The summed E-state index contributed by atoms with van der Waals surface area (Å²) in [5, 5.41) is 13.7. The molecule has 0 bridgehead atoms. The van der Waals surface area contributed by atoms with Gasteiger partial charge in [-0.15, -0.1) is 0 Å². The van der Waals surface area contributed by atoms with Crippen LogP contribution < -0.4 is 10.1 Å². The van der Waals surface area contributed by atoms with E-state index in [-0.39, 0.29) is 24.1 Å². The minimum atomic E-state index is -0.987. The minimum absolute atomic E-state index is 0.169. The maximum Gasteiger partial charge on any atom is 0.307 e. The second kappa shape index (κ2) is 11.2. The van der Waals surface area contributed by atoms with Crippen LogP contribution in [0, 0.1) is 19.7 Å². The van der Waals surface area contributed by atoms with Crippen molar-refractivity contribution in [2.45, 2.75) is 71.3 Å². The van der Waals surface area contributed by atoms with Gasteiger partial charge in [0.2, 0.25) is 0 Å². The summed E-state index contributed by atoms with van der Waals surface area (Å²) in [4.78, 5) is 34.2. The Balaban J connectivity index is 1.50. The topological polar surface area (TPSA) is 106 Å². The van der Waals surface area contributed by atoms with E-state index in [2.05, 4.69) is 10.3 Å².